The van der Waals surface area contributed by atoms with Gasteiger partial charge in [0.2, 0.25) is 6.33 Å². The summed E-state index contributed by atoms with van der Waals surface area (Å²) in [6.45, 7) is 0.0198. The number of hydrogen-bond acceptors (Lipinski definition) is 7. The molecule has 0 fully saturated rings. The first kappa shape index (κ1) is 20.3. The van der Waals surface area contributed by atoms with Gasteiger partial charge in [-0.3, -0.25) is 9.69 Å². The van der Waals surface area contributed by atoms with E-state index >= 15 is 0 Å². The highest BCUT2D eigenvalue weighted by Crippen LogP contribution is 2.29. The smallest absolute Gasteiger partial charge is 0.390 e. The molecule has 156 valence electrons. The average Bonchev–Trinajstić information content (AvgIpc) is 3.43. The van der Waals surface area contributed by atoms with Gasteiger partial charge in [0.15, 0.2) is 5.13 Å². The summed E-state index contributed by atoms with van der Waals surface area (Å²) >= 11 is 1.27. The molecule has 0 spiro atoms. The number of hydrogen-bond donors (Lipinski definition) is 0. The Kier molecular flexibility index (Phi) is 5.76. The van der Waals surface area contributed by atoms with Crippen LogP contribution in [0.3, 0.4) is 0 Å². The van der Waals surface area contributed by atoms with E-state index in [4.69, 9.17) is 0 Å². The van der Waals surface area contributed by atoms with Crippen molar-refractivity contribution in [3.63, 3.8) is 0 Å². The van der Waals surface area contributed by atoms with Crippen LogP contribution in [0.25, 0.3) is 11.3 Å². The minimum Gasteiger partial charge on any atom is -0.390 e. The molecule has 11 heteroatoms. The molecule has 0 bridgehead atoms. The second kappa shape index (κ2) is 8.79. The van der Waals surface area contributed by atoms with E-state index in [1.807, 2.05) is 30.3 Å². The van der Waals surface area contributed by atoms with E-state index in [-0.39, 0.29) is 24.8 Å². The maximum Gasteiger partial charge on any atom is 0.490 e. The van der Waals surface area contributed by atoms with Gasteiger partial charge in [-0.15, -0.1) is 11.3 Å². The molecule has 2 aromatic carbocycles. The topological polar surface area (TPSA) is 107 Å². The standard InChI is InChI=1S/C20H15FN6O3S/c21-16-8-6-15(7-9-16)17-12-31-20(23-17)26(10-14-4-2-1-3-5-14)18(28)11-25-13-22-19(24-25)27(29)30/h1-9,12-13H,10-11H2. The zero-order valence-corrected chi connectivity index (χ0v) is 16.8. The molecular weight excluding hydrogens is 423 g/mol. The average molecular weight is 438 g/mol. The summed E-state index contributed by atoms with van der Waals surface area (Å²) < 4.78 is 14.3. The number of aromatic nitrogens is 4. The minimum absolute atomic E-state index is 0.237. The van der Waals surface area contributed by atoms with Crippen LogP contribution < -0.4 is 4.90 Å². The zero-order chi connectivity index (χ0) is 21.8. The number of amides is 1. The maximum absolute atomic E-state index is 13.2. The minimum atomic E-state index is -0.724. The number of thiazole rings is 1. The first-order valence-corrected chi connectivity index (χ1v) is 9.97. The Labute approximate surface area is 179 Å². The molecule has 2 aromatic heterocycles. The quantitative estimate of drug-likeness (QED) is 0.322. The van der Waals surface area contributed by atoms with E-state index in [2.05, 4.69) is 15.1 Å². The lowest BCUT2D eigenvalue weighted by molar-refractivity contribution is -0.394. The van der Waals surface area contributed by atoms with Crippen molar-refractivity contribution in [3.05, 3.63) is 87.8 Å². The van der Waals surface area contributed by atoms with Crippen LogP contribution >= 0.6 is 11.3 Å². The Hall–Kier alpha value is -3.99. The van der Waals surface area contributed by atoms with Gasteiger partial charge in [-0.2, -0.15) is 4.68 Å². The summed E-state index contributed by atoms with van der Waals surface area (Å²) in [5, 5.41) is 16.7. The SMILES string of the molecule is O=C(Cn1cnc([N+](=O)[O-])n1)N(Cc1ccccc1)c1nc(-c2ccc(F)cc2)cs1. The molecule has 0 aliphatic heterocycles. The predicted octanol–water partition coefficient (Wildman–Crippen LogP) is 3.68. The van der Waals surface area contributed by atoms with Gasteiger partial charge in [0.1, 0.15) is 12.4 Å². The number of rotatable bonds is 7. The highest BCUT2D eigenvalue weighted by molar-refractivity contribution is 7.14. The fraction of sp³-hybridized carbons (Fsp3) is 0.100. The van der Waals surface area contributed by atoms with Gasteiger partial charge >= 0.3 is 5.95 Å². The van der Waals surface area contributed by atoms with Crippen LogP contribution in [0, 0.1) is 15.9 Å². The summed E-state index contributed by atoms with van der Waals surface area (Å²) in [5.74, 6) is -1.28. The van der Waals surface area contributed by atoms with Crippen LogP contribution in [0.2, 0.25) is 0 Å². The lowest BCUT2D eigenvalue weighted by Gasteiger charge is -2.19. The van der Waals surface area contributed by atoms with E-state index < -0.39 is 10.9 Å². The van der Waals surface area contributed by atoms with Crippen LogP contribution in [0.4, 0.5) is 15.5 Å². The fourth-order valence-corrected chi connectivity index (χ4v) is 3.69. The normalized spacial score (nSPS) is 10.7. The lowest BCUT2D eigenvalue weighted by Crippen LogP contribution is -2.33. The van der Waals surface area contributed by atoms with Gasteiger partial charge in [0.25, 0.3) is 5.91 Å². The predicted molar refractivity (Wildman–Crippen MR) is 112 cm³/mol. The van der Waals surface area contributed by atoms with Crippen molar-refractivity contribution in [2.24, 2.45) is 0 Å². The molecule has 9 nitrogen and oxygen atoms in total. The van der Waals surface area contributed by atoms with Gasteiger partial charge < -0.3 is 10.1 Å². The van der Waals surface area contributed by atoms with Crippen LogP contribution in [0.15, 0.2) is 66.3 Å². The third-order valence-corrected chi connectivity index (χ3v) is 5.20. The summed E-state index contributed by atoms with van der Waals surface area (Å²) in [7, 11) is 0. The van der Waals surface area contributed by atoms with Crippen LogP contribution in [-0.4, -0.2) is 30.6 Å². The second-order valence-electron chi connectivity index (χ2n) is 6.49. The van der Waals surface area contributed by atoms with E-state index in [0.29, 0.717) is 10.8 Å². The van der Waals surface area contributed by atoms with Crippen molar-refractivity contribution in [1.82, 2.24) is 19.7 Å². The van der Waals surface area contributed by atoms with E-state index in [9.17, 15) is 19.3 Å². The Morgan fingerprint density at radius 1 is 1.16 bits per heavy atom. The van der Waals surface area contributed by atoms with E-state index in [1.165, 1.54) is 28.4 Å². The number of carbonyl (C=O) groups excluding carboxylic acids is 1. The Bertz CT molecular complexity index is 1210. The third-order valence-electron chi connectivity index (χ3n) is 4.33. The molecule has 1 amide bonds. The van der Waals surface area contributed by atoms with Crippen molar-refractivity contribution in [1.29, 1.82) is 0 Å². The molecular formula is C20H15FN6O3S. The molecule has 0 unspecified atom stereocenters. The number of carbonyl (C=O) groups is 1. The Balaban J connectivity index is 1.61. The summed E-state index contributed by atoms with van der Waals surface area (Å²) in [6.07, 6.45) is 1.14. The van der Waals surface area contributed by atoms with Gasteiger partial charge in [0.05, 0.1) is 12.2 Å². The largest absolute Gasteiger partial charge is 0.490 e. The molecule has 0 saturated carbocycles. The monoisotopic (exact) mass is 438 g/mol. The molecule has 4 aromatic rings. The first-order valence-electron chi connectivity index (χ1n) is 9.09. The lowest BCUT2D eigenvalue weighted by atomic mass is 10.2. The molecule has 0 N–H and O–H groups in total. The summed E-state index contributed by atoms with van der Waals surface area (Å²) in [5.41, 5.74) is 2.23. The molecule has 2 heterocycles. The van der Waals surface area contributed by atoms with Crippen LogP contribution in [0.1, 0.15) is 5.56 Å². The summed E-state index contributed by atoms with van der Waals surface area (Å²) in [4.78, 5) is 32.8. The van der Waals surface area contributed by atoms with E-state index in [0.717, 1.165) is 22.1 Å². The molecule has 0 saturated heterocycles. The van der Waals surface area contributed by atoms with Crippen molar-refractivity contribution in [2.75, 3.05) is 4.90 Å². The van der Waals surface area contributed by atoms with E-state index in [1.54, 1.807) is 17.5 Å². The summed E-state index contributed by atoms with van der Waals surface area (Å²) in [6, 6.07) is 15.3. The van der Waals surface area contributed by atoms with Crippen LogP contribution in [0.5, 0.6) is 0 Å². The molecule has 0 radical (unpaired) electrons. The third kappa shape index (κ3) is 4.78. The number of nitrogens with zero attached hydrogens (tertiary/aromatic N) is 6. The Morgan fingerprint density at radius 3 is 2.58 bits per heavy atom. The van der Waals surface area contributed by atoms with Crippen molar-refractivity contribution in [3.8, 4) is 11.3 Å². The van der Waals surface area contributed by atoms with Gasteiger partial charge in [-0.05, 0) is 34.8 Å². The van der Waals surface area contributed by atoms with Gasteiger partial charge in [-0.25, -0.2) is 9.37 Å². The fourth-order valence-electron chi connectivity index (χ4n) is 2.84. The van der Waals surface area contributed by atoms with Gasteiger partial charge in [0, 0.05) is 16.0 Å². The molecule has 31 heavy (non-hydrogen) atoms. The highest BCUT2D eigenvalue weighted by atomic mass is 32.1. The zero-order valence-electron chi connectivity index (χ0n) is 16.0. The molecule has 0 aliphatic rings. The van der Waals surface area contributed by atoms with Crippen molar-refractivity contribution in [2.45, 2.75) is 13.1 Å². The molecule has 4 rings (SSSR count). The number of nitro groups is 1. The van der Waals surface area contributed by atoms with Crippen molar-refractivity contribution < 1.29 is 14.1 Å². The number of benzene rings is 2. The maximum atomic E-state index is 13.2. The number of halogens is 1. The molecule has 0 atom stereocenters. The molecule has 0 aliphatic carbocycles. The van der Waals surface area contributed by atoms with Crippen LogP contribution in [-0.2, 0) is 17.9 Å². The first-order chi connectivity index (χ1) is 15.0. The number of anilines is 1. The Morgan fingerprint density at radius 2 is 1.90 bits per heavy atom. The van der Waals surface area contributed by atoms with Crippen molar-refractivity contribution >= 4 is 28.3 Å². The van der Waals surface area contributed by atoms with Gasteiger partial charge in [-0.1, -0.05) is 35.3 Å². The highest BCUT2D eigenvalue weighted by Gasteiger charge is 2.23. The second-order valence-corrected chi connectivity index (χ2v) is 7.32.